The molecule has 0 aliphatic heterocycles. The van der Waals surface area contributed by atoms with Gasteiger partial charge in [-0.25, -0.2) is 0 Å². The Morgan fingerprint density at radius 2 is 1.69 bits per heavy atom. The van der Waals surface area contributed by atoms with Crippen molar-refractivity contribution >= 4 is 22.9 Å². The number of hydrogen-bond acceptors (Lipinski definition) is 5. The van der Waals surface area contributed by atoms with Crippen LogP contribution in [0.15, 0.2) is 62.9 Å². The summed E-state index contributed by atoms with van der Waals surface area (Å²) in [6.45, 7) is 2.89. The molecule has 170 valence electrons. The minimum atomic E-state index is 0.0523. The summed E-state index contributed by atoms with van der Waals surface area (Å²) in [5.41, 5.74) is 24.3. The molecule has 0 bridgehead atoms. The second-order valence-electron chi connectivity index (χ2n) is 7.32. The molecule has 1 aromatic heterocycles. The van der Waals surface area contributed by atoms with E-state index in [4.69, 9.17) is 32.1 Å². The summed E-state index contributed by atoms with van der Waals surface area (Å²) in [4.78, 5) is 7.96. The van der Waals surface area contributed by atoms with Gasteiger partial charge in [0.25, 0.3) is 0 Å². The maximum absolute atomic E-state index is 6.02. The standard InChI is InChI=1S/C23H31N7O2/c24-22(25)29-10-4-3-9-28-15-18-13-17(7-8-19(18)31-12-11-30-23(26)27)21-14-16-5-1-2-6-20(16)32-21/h1-2,5-8,13-14,28H,3-4,9-12,15H2,(H4,24,25,29)(H4,26,27,30). The molecule has 1 heterocycles. The molecule has 0 atom stereocenters. The first kappa shape index (κ1) is 23.0. The van der Waals surface area contributed by atoms with Gasteiger partial charge in [0.05, 0.1) is 6.54 Å². The summed E-state index contributed by atoms with van der Waals surface area (Å²) in [5, 5.41) is 4.52. The Kier molecular flexibility index (Phi) is 8.33. The number of hydrogen-bond donors (Lipinski definition) is 5. The number of unbranched alkanes of at least 4 members (excludes halogenated alkanes) is 1. The maximum Gasteiger partial charge on any atom is 0.186 e. The Balaban J connectivity index is 1.68. The van der Waals surface area contributed by atoms with Gasteiger partial charge in [-0.05, 0) is 49.7 Å². The number of benzene rings is 2. The number of fused-ring (bicyclic) bond motifs is 1. The molecule has 9 N–H and O–H groups in total. The van der Waals surface area contributed by atoms with Crippen LogP contribution in [0.3, 0.4) is 0 Å². The number of aliphatic imine (C=N–C) groups is 2. The summed E-state index contributed by atoms with van der Waals surface area (Å²) >= 11 is 0. The van der Waals surface area contributed by atoms with Crippen LogP contribution in [0.5, 0.6) is 5.75 Å². The fraction of sp³-hybridized carbons (Fsp3) is 0.304. The van der Waals surface area contributed by atoms with Gasteiger partial charge in [0.2, 0.25) is 0 Å². The van der Waals surface area contributed by atoms with E-state index >= 15 is 0 Å². The van der Waals surface area contributed by atoms with Crippen molar-refractivity contribution in [2.45, 2.75) is 19.4 Å². The fourth-order valence-electron chi connectivity index (χ4n) is 3.26. The smallest absolute Gasteiger partial charge is 0.186 e. The second kappa shape index (κ2) is 11.6. The van der Waals surface area contributed by atoms with Crippen molar-refractivity contribution in [1.29, 1.82) is 0 Å². The van der Waals surface area contributed by atoms with Gasteiger partial charge in [-0.15, -0.1) is 0 Å². The molecule has 9 heteroatoms. The van der Waals surface area contributed by atoms with E-state index in [0.717, 1.165) is 53.0 Å². The highest BCUT2D eigenvalue weighted by atomic mass is 16.5. The van der Waals surface area contributed by atoms with Crippen molar-refractivity contribution in [3.63, 3.8) is 0 Å². The molecule has 0 saturated heterocycles. The Bertz CT molecular complexity index is 1030. The van der Waals surface area contributed by atoms with Crippen LogP contribution in [0.2, 0.25) is 0 Å². The third-order valence-electron chi connectivity index (χ3n) is 4.79. The van der Waals surface area contributed by atoms with E-state index < -0.39 is 0 Å². The summed E-state index contributed by atoms with van der Waals surface area (Å²) < 4.78 is 11.9. The largest absolute Gasteiger partial charge is 0.491 e. The lowest BCUT2D eigenvalue weighted by molar-refractivity contribution is 0.324. The van der Waals surface area contributed by atoms with Crippen molar-refractivity contribution < 1.29 is 9.15 Å². The first-order valence-corrected chi connectivity index (χ1v) is 10.6. The zero-order valence-corrected chi connectivity index (χ0v) is 18.1. The molecule has 3 aromatic rings. The van der Waals surface area contributed by atoms with Crippen LogP contribution < -0.4 is 33.0 Å². The molecular formula is C23H31N7O2. The van der Waals surface area contributed by atoms with Crippen molar-refractivity contribution in [1.82, 2.24) is 5.32 Å². The molecule has 0 amide bonds. The van der Waals surface area contributed by atoms with E-state index in [9.17, 15) is 0 Å². The molecule has 0 unspecified atom stereocenters. The van der Waals surface area contributed by atoms with Crippen LogP contribution in [0.1, 0.15) is 18.4 Å². The van der Waals surface area contributed by atoms with Crippen LogP contribution in [-0.4, -0.2) is 38.2 Å². The van der Waals surface area contributed by atoms with E-state index in [1.807, 2.05) is 42.5 Å². The van der Waals surface area contributed by atoms with Crippen LogP contribution in [0.25, 0.3) is 22.3 Å². The number of nitrogens with one attached hydrogen (secondary N) is 1. The Labute approximate surface area is 187 Å². The summed E-state index contributed by atoms with van der Waals surface area (Å²) in [6, 6.07) is 16.0. The van der Waals surface area contributed by atoms with E-state index in [2.05, 4.69) is 21.4 Å². The molecular weight excluding hydrogens is 406 g/mol. The van der Waals surface area contributed by atoms with Gasteiger partial charge in [0.15, 0.2) is 11.9 Å². The molecule has 0 fully saturated rings. The molecule has 0 aliphatic carbocycles. The molecule has 9 nitrogen and oxygen atoms in total. The van der Waals surface area contributed by atoms with E-state index in [1.54, 1.807) is 0 Å². The van der Waals surface area contributed by atoms with Crippen LogP contribution >= 0.6 is 0 Å². The molecule has 0 radical (unpaired) electrons. The lowest BCUT2D eigenvalue weighted by Gasteiger charge is -2.13. The normalized spacial score (nSPS) is 10.8. The average Bonchev–Trinajstić information content (AvgIpc) is 3.20. The topological polar surface area (TPSA) is 163 Å². The van der Waals surface area contributed by atoms with Gasteiger partial charge >= 0.3 is 0 Å². The van der Waals surface area contributed by atoms with E-state index in [0.29, 0.717) is 26.2 Å². The highest BCUT2D eigenvalue weighted by Crippen LogP contribution is 2.31. The van der Waals surface area contributed by atoms with Crippen LogP contribution in [0.4, 0.5) is 0 Å². The quantitative estimate of drug-likeness (QED) is 0.164. The summed E-state index contributed by atoms with van der Waals surface area (Å²) in [7, 11) is 0. The lowest BCUT2D eigenvalue weighted by atomic mass is 10.1. The summed E-state index contributed by atoms with van der Waals surface area (Å²) in [6.07, 6.45) is 1.87. The van der Waals surface area contributed by atoms with E-state index in [-0.39, 0.29) is 11.9 Å². The van der Waals surface area contributed by atoms with Gasteiger partial charge < -0.3 is 37.4 Å². The SMILES string of the molecule is NC(N)=NCCCCNCc1cc(-c2cc3ccccc3o2)ccc1OCCN=C(N)N. The van der Waals surface area contributed by atoms with Crippen molar-refractivity contribution in [3.8, 4) is 17.1 Å². The second-order valence-corrected chi connectivity index (χ2v) is 7.32. The first-order valence-electron chi connectivity index (χ1n) is 10.6. The van der Waals surface area contributed by atoms with Crippen molar-refractivity contribution in [2.75, 3.05) is 26.2 Å². The number of furan rings is 1. The number of rotatable bonds is 12. The maximum atomic E-state index is 6.02. The number of ether oxygens (including phenoxy) is 1. The number of nitrogens with two attached hydrogens (primary N) is 4. The van der Waals surface area contributed by atoms with Gasteiger partial charge in [-0.2, -0.15) is 0 Å². The highest BCUT2D eigenvalue weighted by Gasteiger charge is 2.10. The molecule has 3 rings (SSSR count). The van der Waals surface area contributed by atoms with Crippen molar-refractivity contribution in [2.24, 2.45) is 32.9 Å². The Hall–Kier alpha value is -3.72. The van der Waals surface area contributed by atoms with Gasteiger partial charge in [0.1, 0.15) is 23.7 Å². The molecule has 32 heavy (non-hydrogen) atoms. The Morgan fingerprint density at radius 3 is 2.47 bits per heavy atom. The molecule has 2 aromatic carbocycles. The predicted molar refractivity (Wildman–Crippen MR) is 129 cm³/mol. The van der Waals surface area contributed by atoms with E-state index in [1.165, 1.54) is 0 Å². The number of para-hydroxylation sites is 1. The third-order valence-corrected chi connectivity index (χ3v) is 4.79. The predicted octanol–water partition coefficient (Wildman–Crippen LogP) is 1.90. The molecule has 0 aliphatic rings. The molecule has 0 spiro atoms. The van der Waals surface area contributed by atoms with Gasteiger partial charge in [-0.3, -0.25) is 9.98 Å². The first-order chi connectivity index (χ1) is 15.5. The average molecular weight is 438 g/mol. The monoisotopic (exact) mass is 437 g/mol. The zero-order chi connectivity index (χ0) is 22.8. The minimum Gasteiger partial charge on any atom is -0.491 e. The van der Waals surface area contributed by atoms with Crippen LogP contribution in [0, 0.1) is 0 Å². The van der Waals surface area contributed by atoms with Crippen LogP contribution in [-0.2, 0) is 6.54 Å². The van der Waals surface area contributed by atoms with Gasteiger partial charge in [0, 0.05) is 29.6 Å². The highest BCUT2D eigenvalue weighted by molar-refractivity contribution is 5.83. The Morgan fingerprint density at radius 1 is 0.906 bits per heavy atom. The van der Waals surface area contributed by atoms with Crippen molar-refractivity contribution in [3.05, 3.63) is 54.1 Å². The summed E-state index contributed by atoms with van der Waals surface area (Å²) in [5.74, 6) is 1.78. The molecule has 0 saturated carbocycles. The fourth-order valence-corrected chi connectivity index (χ4v) is 3.26. The zero-order valence-electron chi connectivity index (χ0n) is 18.1. The van der Waals surface area contributed by atoms with Gasteiger partial charge in [-0.1, -0.05) is 18.2 Å². The third kappa shape index (κ3) is 6.92. The minimum absolute atomic E-state index is 0.0523. The lowest BCUT2D eigenvalue weighted by Crippen LogP contribution is -2.23. The number of nitrogens with zero attached hydrogens (tertiary/aromatic N) is 2. The number of guanidine groups is 2.